The van der Waals surface area contributed by atoms with Crippen LogP contribution in [0.5, 0.6) is 0 Å². The molecule has 1 aromatic rings. The van der Waals surface area contributed by atoms with Gasteiger partial charge in [0.2, 0.25) is 0 Å². The molecule has 0 aliphatic heterocycles. The van der Waals surface area contributed by atoms with E-state index in [1.165, 1.54) is 19.1 Å². The summed E-state index contributed by atoms with van der Waals surface area (Å²) < 4.78 is 43.2. The van der Waals surface area contributed by atoms with Crippen molar-refractivity contribution in [2.45, 2.75) is 13.1 Å². The highest BCUT2D eigenvalue weighted by Gasteiger charge is 2.39. The first-order chi connectivity index (χ1) is 8.32. The Morgan fingerprint density at radius 3 is 2.56 bits per heavy atom. The molecule has 0 saturated heterocycles. The lowest BCUT2D eigenvalue weighted by Gasteiger charge is -2.14. The van der Waals surface area contributed by atoms with Crippen LogP contribution in [-0.4, -0.2) is 12.6 Å². The number of nitriles is 1. The SMILES string of the molecule is CCOC(=O)c1c(Br)ccc(C#N)c1C(F)(F)F. The zero-order valence-corrected chi connectivity index (χ0v) is 10.7. The van der Waals surface area contributed by atoms with Gasteiger partial charge in [0.25, 0.3) is 0 Å². The summed E-state index contributed by atoms with van der Waals surface area (Å²) in [6.45, 7) is 1.42. The van der Waals surface area contributed by atoms with Gasteiger partial charge in [0.1, 0.15) is 0 Å². The highest BCUT2D eigenvalue weighted by molar-refractivity contribution is 9.10. The molecule has 0 aliphatic carbocycles. The molecule has 0 aromatic heterocycles. The lowest BCUT2D eigenvalue weighted by molar-refractivity contribution is -0.138. The minimum atomic E-state index is -4.81. The number of benzene rings is 1. The van der Waals surface area contributed by atoms with Gasteiger partial charge in [-0.25, -0.2) is 4.79 Å². The number of carbonyl (C=O) groups excluding carboxylic acids is 1. The summed E-state index contributed by atoms with van der Waals surface area (Å²) in [5.41, 5.74) is -2.57. The number of rotatable bonds is 2. The van der Waals surface area contributed by atoms with Crippen molar-refractivity contribution in [1.29, 1.82) is 5.26 Å². The van der Waals surface area contributed by atoms with Gasteiger partial charge in [-0.2, -0.15) is 18.4 Å². The van der Waals surface area contributed by atoms with Crippen LogP contribution in [0.25, 0.3) is 0 Å². The summed E-state index contributed by atoms with van der Waals surface area (Å²) in [5.74, 6) is -1.12. The zero-order valence-electron chi connectivity index (χ0n) is 9.14. The second-order valence-corrected chi connectivity index (χ2v) is 4.03. The Hall–Kier alpha value is -1.55. The molecule has 18 heavy (non-hydrogen) atoms. The molecule has 0 atom stereocenters. The molecule has 0 unspecified atom stereocenters. The van der Waals surface area contributed by atoms with Crippen molar-refractivity contribution >= 4 is 21.9 Å². The van der Waals surface area contributed by atoms with Gasteiger partial charge in [-0.15, -0.1) is 0 Å². The Kier molecular flexibility index (Phi) is 4.35. The van der Waals surface area contributed by atoms with E-state index in [0.29, 0.717) is 0 Å². The molecule has 0 fully saturated rings. The monoisotopic (exact) mass is 321 g/mol. The van der Waals surface area contributed by atoms with Crippen LogP contribution in [0.1, 0.15) is 28.4 Å². The summed E-state index contributed by atoms with van der Waals surface area (Å²) >= 11 is 2.86. The van der Waals surface area contributed by atoms with Crippen molar-refractivity contribution in [1.82, 2.24) is 0 Å². The second-order valence-electron chi connectivity index (χ2n) is 3.17. The molecule has 0 heterocycles. The van der Waals surface area contributed by atoms with Gasteiger partial charge in [-0.1, -0.05) is 0 Å². The summed E-state index contributed by atoms with van der Waals surface area (Å²) in [6, 6.07) is 3.62. The van der Waals surface area contributed by atoms with Crippen molar-refractivity contribution in [2.75, 3.05) is 6.61 Å². The van der Waals surface area contributed by atoms with E-state index in [4.69, 9.17) is 5.26 Å². The normalized spacial score (nSPS) is 10.9. The molecule has 0 bridgehead atoms. The van der Waals surface area contributed by atoms with E-state index in [1.807, 2.05) is 0 Å². The number of halogens is 4. The Bertz CT molecular complexity index is 520. The fourth-order valence-electron chi connectivity index (χ4n) is 1.37. The first-order valence-electron chi connectivity index (χ1n) is 4.79. The second kappa shape index (κ2) is 5.40. The molecule has 0 spiro atoms. The van der Waals surface area contributed by atoms with Crippen LogP contribution in [0, 0.1) is 11.3 Å². The van der Waals surface area contributed by atoms with Gasteiger partial charge in [0.15, 0.2) is 0 Å². The third-order valence-corrected chi connectivity index (χ3v) is 2.70. The largest absolute Gasteiger partial charge is 0.462 e. The van der Waals surface area contributed by atoms with E-state index in [2.05, 4.69) is 20.7 Å². The summed E-state index contributed by atoms with van der Waals surface area (Å²) in [5, 5.41) is 8.69. The summed E-state index contributed by atoms with van der Waals surface area (Å²) in [4.78, 5) is 11.5. The smallest absolute Gasteiger partial charge is 0.418 e. The van der Waals surface area contributed by atoms with Crippen LogP contribution in [0.3, 0.4) is 0 Å². The highest BCUT2D eigenvalue weighted by Crippen LogP contribution is 2.37. The third-order valence-electron chi connectivity index (χ3n) is 2.04. The Labute approximate surface area is 109 Å². The lowest BCUT2D eigenvalue weighted by atomic mass is 10.0. The predicted octanol–water partition coefficient (Wildman–Crippen LogP) is 3.52. The Balaban J connectivity index is 3.58. The molecule has 1 rings (SSSR count). The maximum Gasteiger partial charge on any atom is 0.418 e. The average Bonchev–Trinajstić information content (AvgIpc) is 2.27. The standard InChI is InChI=1S/C11H7BrF3NO2/c1-2-18-10(17)8-7(12)4-3-6(5-16)9(8)11(13,14)15/h3-4H,2H2,1H3. The Morgan fingerprint density at radius 1 is 1.50 bits per heavy atom. The number of carbonyl (C=O) groups is 1. The number of hydrogen-bond acceptors (Lipinski definition) is 3. The van der Waals surface area contributed by atoms with Crippen LogP contribution in [0.2, 0.25) is 0 Å². The molecular formula is C11H7BrF3NO2. The van der Waals surface area contributed by atoms with Gasteiger partial charge < -0.3 is 4.74 Å². The average molecular weight is 322 g/mol. The number of alkyl halides is 3. The molecule has 96 valence electrons. The summed E-state index contributed by atoms with van der Waals surface area (Å²) in [6.07, 6.45) is -4.81. The van der Waals surface area contributed by atoms with Crippen LogP contribution < -0.4 is 0 Å². The fraction of sp³-hybridized carbons (Fsp3) is 0.273. The van der Waals surface area contributed by atoms with E-state index in [-0.39, 0.29) is 11.1 Å². The maximum absolute atomic E-state index is 12.9. The Morgan fingerprint density at radius 2 is 2.11 bits per heavy atom. The van der Waals surface area contributed by atoms with Crippen LogP contribution in [0.15, 0.2) is 16.6 Å². The molecule has 0 radical (unpaired) electrons. The highest BCUT2D eigenvalue weighted by atomic mass is 79.9. The van der Waals surface area contributed by atoms with E-state index in [1.54, 1.807) is 0 Å². The fourth-order valence-corrected chi connectivity index (χ4v) is 1.86. The minimum Gasteiger partial charge on any atom is -0.462 e. The number of nitrogens with zero attached hydrogens (tertiary/aromatic N) is 1. The van der Waals surface area contributed by atoms with Crippen LogP contribution >= 0.6 is 15.9 Å². The lowest BCUT2D eigenvalue weighted by Crippen LogP contribution is -2.17. The van der Waals surface area contributed by atoms with Gasteiger partial charge in [0.05, 0.1) is 29.4 Å². The van der Waals surface area contributed by atoms with Crippen LogP contribution in [-0.2, 0) is 10.9 Å². The van der Waals surface area contributed by atoms with Crippen molar-refractivity contribution in [3.8, 4) is 6.07 Å². The van der Waals surface area contributed by atoms with Gasteiger partial charge >= 0.3 is 12.1 Å². The van der Waals surface area contributed by atoms with E-state index < -0.39 is 28.8 Å². The number of ether oxygens (including phenoxy) is 1. The van der Waals surface area contributed by atoms with Crippen molar-refractivity contribution < 1.29 is 22.7 Å². The zero-order chi connectivity index (χ0) is 13.9. The molecule has 0 amide bonds. The van der Waals surface area contributed by atoms with Gasteiger partial charge in [-0.3, -0.25) is 0 Å². The van der Waals surface area contributed by atoms with E-state index in [0.717, 1.165) is 6.07 Å². The molecule has 0 saturated carbocycles. The molecule has 3 nitrogen and oxygen atoms in total. The maximum atomic E-state index is 12.9. The number of esters is 1. The predicted molar refractivity (Wildman–Crippen MR) is 59.8 cm³/mol. The third kappa shape index (κ3) is 2.82. The molecule has 0 aliphatic rings. The molecule has 1 aromatic carbocycles. The van der Waals surface area contributed by atoms with E-state index in [9.17, 15) is 18.0 Å². The molecule has 7 heteroatoms. The van der Waals surface area contributed by atoms with E-state index >= 15 is 0 Å². The minimum absolute atomic E-state index is 0.0562. The molecular weight excluding hydrogens is 315 g/mol. The quantitative estimate of drug-likeness (QED) is 0.783. The number of hydrogen-bond donors (Lipinski definition) is 0. The topological polar surface area (TPSA) is 50.1 Å². The summed E-state index contributed by atoms with van der Waals surface area (Å²) in [7, 11) is 0. The first-order valence-corrected chi connectivity index (χ1v) is 5.59. The van der Waals surface area contributed by atoms with Crippen molar-refractivity contribution in [3.63, 3.8) is 0 Å². The van der Waals surface area contributed by atoms with Crippen molar-refractivity contribution in [3.05, 3.63) is 33.3 Å². The molecule has 0 N–H and O–H groups in total. The van der Waals surface area contributed by atoms with Crippen molar-refractivity contribution in [2.24, 2.45) is 0 Å². The van der Waals surface area contributed by atoms with Gasteiger partial charge in [-0.05, 0) is 35.0 Å². The van der Waals surface area contributed by atoms with Crippen LogP contribution in [0.4, 0.5) is 13.2 Å². The van der Waals surface area contributed by atoms with Gasteiger partial charge in [0, 0.05) is 4.47 Å². The first kappa shape index (κ1) is 14.5.